The van der Waals surface area contributed by atoms with Crippen molar-refractivity contribution in [2.75, 3.05) is 19.6 Å². The van der Waals surface area contributed by atoms with Gasteiger partial charge in [-0.15, -0.1) is 0 Å². The van der Waals surface area contributed by atoms with Crippen molar-refractivity contribution in [2.24, 2.45) is 5.11 Å². The van der Waals surface area contributed by atoms with Crippen LogP contribution in [0, 0.1) is 6.92 Å². The molecule has 116 valence electrons. The lowest BCUT2D eigenvalue weighted by Gasteiger charge is -2.30. The van der Waals surface area contributed by atoms with Crippen LogP contribution in [0.15, 0.2) is 11.3 Å². The van der Waals surface area contributed by atoms with Crippen molar-refractivity contribution >= 4 is 11.9 Å². The first kappa shape index (κ1) is 15.7. The van der Waals surface area contributed by atoms with E-state index in [-0.39, 0.29) is 18.2 Å². The van der Waals surface area contributed by atoms with Gasteiger partial charge in [0.1, 0.15) is 5.82 Å². The number of likely N-dealkylation sites (tertiary alicyclic amines) is 1. The minimum atomic E-state index is -0.933. The van der Waals surface area contributed by atoms with Crippen LogP contribution in [-0.2, 0) is 0 Å². The molecule has 1 N–H and O–H groups in total. The summed E-state index contributed by atoms with van der Waals surface area (Å²) < 4.78 is 0. The van der Waals surface area contributed by atoms with Gasteiger partial charge in [0, 0.05) is 30.1 Å². The molecule has 2 rings (SSSR count). The summed E-state index contributed by atoms with van der Waals surface area (Å²) in [5.41, 5.74) is 9.29. The third kappa shape index (κ3) is 3.50. The Morgan fingerprint density at radius 1 is 1.50 bits per heavy atom. The van der Waals surface area contributed by atoms with Crippen LogP contribution in [0.3, 0.4) is 0 Å². The van der Waals surface area contributed by atoms with E-state index in [4.69, 9.17) is 10.6 Å². The largest absolute Gasteiger partial charge is 0.465 e. The van der Waals surface area contributed by atoms with Gasteiger partial charge in [-0.3, -0.25) is 4.79 Å². The lowest BCUT2D eigenvalue weighted by atomic mass is 9.90. The number of aromatic nitrogens is 2. The fourth-order valence-corrected chi connectivity index (χ4v) is 2.54. The molecule has 0 spiro atoms. The minimum absolute atomic E-state index is 0.00214. The summed E-state index contributed by atoms with van der Waals surface area (Å²) in [4.78, 5) is 35.4. The van der Waals surface area contributed by atoms with E-state index in [1.54, 1.807) is 6.92 Å². The number of amides is 1. The second kappa shape index (κ2) is 6.86. The van der Waals surface area contributed by atoms with E-state index in [1.807, 2.05) is 0 Å². The van der Waals surface area contributed by atoms with Crippen LogP contribution in [0.5, 0.6) is 0 Å². The molecule has 0 unspecified atom stereocenters. The van der Waals surface area contributed by atoms with Gasteiger partial charge in [0.25, 0.3) is 0 Å². The van der Waals surface area contributed by atoms with Crippen molar-refractivity contribution in [1.82, 2.24) is 14.9 Å². The quantitative estimate of drug-likeness (QED) is 0.394. The summed E-state index contributed by atoms with van der Waals surface area (Å²) in [6.07, 6.45) is 1.72. The maximum Gasteiger partial charge on any atom is 0.407 e. The number of Topliss-reactive ketones (excluding diaryl/α,β-unsaturated/α-hetero) is 1. The SMILES string of the molecule is Cc1ncc(C(=O)CN=[N+]=[N-])c(C2CCN(C(=O)O)CC2)n1. The summed E-state index contributed by atoms with van der Waals surface area (Å²) >= 11 is 0. The molecule has 0 bridgehead atoms. The molecule has 2 heterocycles. The van der Waals surface area contributed by atoms with Crippen molar-refractivity contribution in [3.63, 3.8) is 0 Å². The van der Waals surface area contributed by atoms with E-state index in [2.05, 4.69) is 20.0 Å². The monoisotopic (exact) mass is 304 g/mol. The van der Waals surface area contributed by atoms with Gasteiger partial charge in [-0.25, -0.2) is 14.8 Å². The van der Waals surface area contributed by atoms with E-state index < -0.39 is 6.09 Å². The van der Waals surface area contributed by atoms with Gasteiger partial charge < -0.3 is 10.0 Å². The fourth-order valence-electron chi connectivity index (χ4n) is 2.54. The van der Waals surface area contributed by atoms with Crippen molar-refractivity contribution in [2.45, 2.75) is 25.7 Å². The van der Waals surface area contributed by atoms with Gasteiger partial charge in [0.15, 0.2) is 5.78 Å². The number of ketones is 1. The Bertz CT molecular complexity index is 633. The molecule has 1 aromatic rings. The molecule has 0 saturated carbocycles. The van der Waals surface area contributed by atoms with Gasteiger partial charge in [-0.05, 0) is 25.3 Å². The van der Waals surface area contributed by atoms with Crippen LogP contribution in [0.1, 0.15) is 40.6 Å². The Morgan fingerprint density at radius 2 is 2.18 bits per heavy atom. The molecule has 1 amide bonds. The first-order valence-electron chi connectivity index (χ1n) is 6.88. The highest BCUT2D eigenvalue weighted by atomic mass is 16.4. The maximum atomic E-state index is 12.1. The summed E-state index contributed by atoms with van der Waals surface area (Å²) in [5, 5.41) is 12.3. The van der Waals surface area contributed by atoms with Crippen LogP contribution in [-0.4, -0.2) is 51.5 Å². The van der Waals surface area contributed by atoms with E-state index >= 15 is 0 Å². The van der Waals surface area contributed by atoms with E-state index in [0.29, 0.717) is 43.0 Å². The third-order valence-electron chi connectivity index (χ3n) is 3.67. The minimum Gasteiger partial charge on any atom is -0.465 e. The number of hydrogen-bond acceptors (Lipinski definition) is 5. The number of carbonyl (C=O) groups is 2. The molecular weight excluding hydrogens is 288 g/mol. The van der Waals surface area contributed by atoms with E-state index in [9.17, 15) is 9.59 Å². The average molecular weight is 304 g/mol. The summed E-state index contributed by atoms with van der Waals surface area (Å²) in [6, 6.07) is 0. The molecule has 1 aromatic heterocycles. The molecule has 22 heavy (non-hydrogen) atoms. The van der Waals surface area contributed by atoms with Gasteiger partial charge >= 0.3 is 6.09 Å². The molecule has 9 heteroatoms. The van der Waals surface area contributed by atoms with Crippen molar-refractivity contribution < 1.29 is 14.7 Å². The Morgan fingerprint density at radius 3 is 2.77 bits per heavy atom. The molecule has 1 aliphatic rings. The van der Waals surface area contributed by atoms with Gasteiger partial charge in [-0.1, -0.05) is 5.11 Å². The summed E-state index contributed by atoms with van der Waals surface area (Å²) in [6.45, 7) is 2.28. The normalized spacial score (nSPS) is 15.2. The highest BCUT2D eigenvalue weighted by Gasteiger charge is 2.27. The van der Waals surface area contributed by atoms with Crippen LogP contribution in [0.4, 0.5) is 4.79 Å². The lowest BCUT2D eigenvalue weighted by molar-refractivity contribution is 0.0996. The first-order chi connectivity index (χ1) is 10.5. The van der Waals surface area contributed by atoms with Crippen LogP contribution >= 0.6 is 0 Å². The van der Waals surface area contributed by atoms with E-state index in [1.165, 1.54) is 11.1 Å². The Balaban J connectivity index is 2.23. The lowest BCUT2D eigenvalue weighted by Crippen LogP contribution is -2.37. The Labute approximate surface area is 126 Å². The molecule has 1 saturated heterocycles. The standard InChI is InChI=1S/C13H16N6O3/c1-8-15-6-10(11(20)7-16-18-14)12(17-8)9-2-4-19(5-3-9)13(21)22/h6,9H,2-5,7H2,1H3,(H,21,22). The molecular formula is C13H16N6O3. The van der Waals surface area contributed by atoms with Gasteiger partial charge in [0.2, 0.25) is 0 Å². The van der Waals surface area contributed by atoms with Crippen molar-refractivity contribution in [3.05, 3.63) is 33.7 Å². The number of carboxylic acid groups (broad SMARTS) is 1. The number of piperidine rings is 1. The molecule has 0 aromatic carbocycles. The van der Waals surface area contributed by atoms with Crippen LogP contribution < -0.4 is 0 Å². The molecule has 0 radical (unpaired) electrons. The third-order valence-corrected chi connectivity index (χ3v) is 3.67. The smallest absolute Gasteiger partial charge is 0.407 e. The van der Waals surface area contributed by atoms with Gasteiger partial charge in [0.05, 0.1) is 17.8 Å². The number of azide groups is 1. The van der Waals surface area contributed by atoms with Crippen LogP contribution in [0.25, 0.3) is 10.4 Å². The number of aryl methyl sites for hydroxylation is 1. The zero-order valence-corrected chi connectivity index (χ0v) is 12.1. The Kier molecular flexibility index (Phi) is 4.90. The second-order valence-corrected chi connectivity index (χ2v) is 5.07. The zero-order valence-electron chi connectivity index (χ0n) is 12.1. The van der Waals surface area contributed by atoms with E-state index in [0.717, 1.165) is 0 Å². The Hall–Kier alpha value is -2.67. The maximum absolute atomic E-state index is 12.1. The molecule has 9 nitrogen and oxygen atoms in total. The van der Waals surface area contributed by atoms with Crippen molar-refractivity contribution in [3.8, 4) is 0 Å². The molecule has 1 fully saturated rings. The zero-order chi connectivity index (χ0) is 16.1. The first-order valence-corrected chi connectivity index (χ1v) is 6.88. The molecule has 1 aliphatic heterocycles. The van der Waals surface area contributed by atoms with Crippen molar-refractivity contribution in [1.29, 1.82) is 0 Å². The van der Waals surface area contributed by atoms with Crippen LogP contribution in [0.2, 0.25) is 0 Å². The number of hydrogen-bond donors (Lipinski definition) is 1. The van der Waals surface area contributed by atoms with Gasteiger partial charge in [-0.2, -0.15) is 0 Å². The number of carbonyl (C=O) groups excluding carboxylic acids is 1. The second-order valence-electron chi connectivity index (χ2n) is 5.07. The average Bonchev–Trinajstić information content (AvgIpc) is 2.52. The molecule has 0 atom stereocenters. The topological polar surface area (TPSA) is 132 Å². The number of nitrogens with zero attached hydrogens (tertiary/aromatic N) is 6. The summed E-state index contributed by atoms with van der Waals surface area (Å²) in [7, 11) is 0. The fraction of sp³-hybridized carbons (Fsp3) is 0.538. The highest BCUT2D eigenvalue weighted by Crippen LogP contribution is 2.29. The predicted molar refractivity (Wildman–Crippen MR) is 76.7 cm³/mol. The highest BCUT2D eigenvalue weighted by molar-refractivity contribution is 5.98. The molecule has 0 aliphatic carbocycles. The predicted octanol–water partition coefficient (Wildman–Crippen LogP) is 2.14. The number of rotatable bonds is 4. The summed E-state index contributed by atoms with van der Waals surface area (Å²) in [5.74, 6) is 0.228.